The number of aliphatic hydroxyl groups excluding tert-OH is 1. The quantitative estimate of drug-likeness (QED) is 0.560. The van der Waals surface area contributed by atoms with Crippen LogP contribution >= 0.6 is 22.6 Å². The summed E-state index contributed by atoms with van der Waals surface area (Å²) in [6, 6.07) is 7.06. The Balaban J connectivity index is 2.21. The topological polar surface area (TPSA) is 42.4 Å². The maximum atomic E-state index is 13.2. The van der Waals surface area contributed by atoms with E-state index in [1.807, 2.05) is 6.92 Å². The number of rotatable bonds is 4. The second kappa shape index (κ2) is 6.51. The Morgan fingerprint density at radius 3 is 2.58 bits per heavy atom. The van der Waals surface area contributed by atoms with Crippen molar-refractivity contribution in [1.82, 2.24) is 4.98 Å². The summed E-state index contributed by atoms with van der Waals surface area (Å²) in [6.07, 6.45) is -4.92. The smallest absolute Gasteiger partial charge is 0.269 e. The van der Waals surface area contributed by atoms with Crippen molar-refractivity contribution in [1.29, 1.82) is 0 Å². The van der Waals surface area contributed by atoms with Gasteiger partial charge in [-0.2, -0.15) is 0 Å². The molecule has 128 valence electrons. The monoisotopic (exact) mass is 449 g/mol. The van der Waals surface area contributed by atoms with E-state index in [-0.39, 0.29) is 11.1 Å². The molecule has 0 bridgehead atoms. The van der Waals surface area contributed by atoms with Gasteiger partial charge in [0.05, 0.1) is 12.3 Å². The van der Waals surface area contributed by atoms with Gasteiger partial charge < -0.3 is 9.84 Å². The Labute approximate surface area is 151 Å². The van der Waals surface area contributed by atoms with Crippen molar-refractivity contribution in [2.45, 2.75) is 24.9 Å². The van der Waals surface area contributed by atoms with Gasteiger partial charge in [-0.05, 0) is 30.3 Å². The van der Waals surface area contributed by atoms with E-state index in [1.165, 1.54) is 30.3 Å². The summed E-state index contributed by atoms with van der Waals surface area (Å²) in [5.74, 6) is 0.100. The van der Waals surface area contributed by atoms with Crippen molar-refractivity contribution in [3.05, 3.63) is 47.4 Å². The zero-order valence-corrected chi connectivity index (χ0v) is 14.9. The third kappa shape index (κ3) is 2.99. The lowest BCUT2D eigenvalue weighted by Crippen LogP contribution is -2.25. The van der Waals surface area contributed by atoms with E-state index in [4.69, 9.17) is 4.74 Å². The molecule has 2 unspecified atom stereocenters. The van der Waals surface area contributed by atoms with Crippen LogP contribution in [0.15, 0.2) is 30.3 Å². The van der Waals surface area contributed by atoms with Gasteiger partial charge in [0.1, 0.15) is 17.3 Å². The van der Waals surface area contributed by atoms with Gasteiger partial charge in [0, 0.05) is 21.0 Å². The molecule has 0 saturated carbocycles. The van der Waals surface area contributed by atoms with E-state index in [9.17, 15) is 18.3 Å². The van der Waals surface area contributed by atoms with Crippen LogP contribution in [0.4, 0.5) is 13.2 Å². The highest BCUT2D eigenvalue weighted by atomic mass is 127. The van der Waals surface area contributed by atoms with Crippen LogP contribution in [0.25, 0.3) is 11.3 Å². The highest BCUT2D eigenvalue weighted by Crippen LogP contribution is 2.46. The van der Waals surface area contributed by atoms with E-state index in [1.54, 1.807) is 0 Å². The van der Waals surface area contributed by atoms with E-state index in [2.05, 4.69) is 27.6 Å². The SMILES string of the molecule is CC1(CI)COc2c1cc(C(O)C(F)F)nc2-c1ccc(F)cc1. The number of hydrogen-bond acceptors (Lipinski definition) is 3. The van der Waals surface area contributed by atoms with Crippen LogP contribution in [0, 0.1) is 5.82 Å². The van der Waals surface area contributed by atoms with Crippen molar-refractivity contribution < 1.29 is 23.0 Å². The lowest BCUT2D eigenvalue weighted by Gasteiger charge is -2.21. The van der Waals surface area contributed by atoms with Gasteiger partial charge in [-0.1, -0.05) is 29.5 Å². The summed E-state index contributed by atoms with van der Waals surface area (Å²) in [7, 11) is 0. The number of alkyl halides is 3. The van der Waals surface area contributed by atoms with Crippen LogP contribution in [0.1, 0.15) is 24.3 Å². The Bertz CT molecular complexity index is 754. The molecule has 1 aromatic heterocycles. The fourth-order valence-electron chi connectivity index (χ4n) is 2.65. The largest absolute Gasteiger partial charge is 0.490 e. The molecule has 24 heavy (non-hydrogen) atoms. The average molecular weight is 449 g/mol. The molecule has 1 aliphatic rings. The minimum absolute atomic E-state index is 0.107. The van der Waals surface area contributed by atoms with Crippen molar-refractivity contribution in [3.63, 3.8) is 0 Å². The highest BCUT2D eigenvalue weighted by molar-refractivity contribution is 14.1. The number of pyridine rings is 1. The number of nitrogens with zero attached hydrogens (tertiary/aromatic N) is 1. The van der Waals surface area contributed by atoms with Crippen molar-refractivity contribution in [2.24, 2.45) is 0 Å². The first-order valence-electron chi connectivity index (χ1n) is 7.32. The second-order valence-corrected chi connectivity index (χ2v) is 6.80. The van der Waals surface area contributed by atoms with Gasteiger partial charge in [0.15, 0.2) is 6.10 Å². The molecular weight excluding hydrogens is 434 g/mol. The van der Waals surface area contributed by atoms with Crippen LogP contribution in [0.3, 0.4) is 0 Å². The predicted octanol–water partition coefficient (Wildman–Crippen LogP) is 4.27. The zero-order valence-electron chi connectivity index (χ0n) is 12.8. The standard InChI is InChI=1S/C17H15F3INO2/c1-17(7-21)8-24-15-11(17)6-12(14(23)16(19)20)22-13(15)9-2-4-10(18)5-3-9/h2-6,14,16,23H,7-8H2,1H3. The number of aliphatic hydroxyl groups is 1. The molecule has 1 N–H and O–H groups in total. The fraction of sp³-hybridized carbons (Fsp3) is 0.353. The first-order chi connectivity index (χ1) is 11.4. The Morgan fingerprint density at radius 1 is 1.33 bits per heavy atom. The number of ether oxygens (including phenoxy) is 1. The van der Waals surface area contributed by atoms with Gasteiger partial charge in [-0.3, -0.25) is 0 Å². The zero-order chi connectivity index (χ0) is 17.5. The molecule has 7 heteroatoms. The summed E-state index contributed by atoms with van der Waals surface area (Å²) in [5.41, 5.74) is 1.17. The molecule has 1 aromatic carbocycles. The molecule has 0 aliphatic carbocycles. The lowest BCUT2D eigenvalue weighted by atomic mass is 9.85. The minimum Gasteiger partial charge on any atom is -0.490 e. The van der Waals surface area contributed by atoms with Gasteiger partial charge >= 0.3 is 0 Å². The molecule has 2 atom stereocenters. The fourth-order valence-corrected chi connectivity index (χ4v) is 3.28. The molecule has 2 aromatic rings. The summed E-state index contributed by atoms with van der Waals surface area (Å²) in [6.45, 7) is 2.37. The first-order valence-corrected chi connectivity index (χ1v) is 8.84. The summed E-state index contributed by atoms with van der Waals surface area (Å²) >= 11 is 2.22. The van der Waals surface area contributed by atoms with Gasteiger partial charge in [0.2, 0.25) is 0 Å². The van der Waals surface area contributed by atoms with Crippen molar-refractivity contribution in [2.75, 3.05) is 11.0 Å². The van der Waals surface area contributed by atoms with Gasteiger partial charge in [-0.15, -0.1) is 0 Å². The normalized spacial score (nSPS) is 20.8. The number of hydrogen-bond donors (Lipinski definition) is 1. The van der Waals surface area contributed by atoms with E-state index < -0.39 is 18.3 Å². The molecule has 3 nitrogen and oxygen atoms in total. The van der Waals surface area contributed by atoms with Crippen molar-refractivity contribution in [3.8, 4) is 17.0 Å². The van der Waals surface area contributed by atoms with Gasteiger partial charge in [-0.25, -0.2) is 18.2 Å². The van der Waals surface area contributed by atoms with Crippen LogP contribution in [0.5, 0.6) is 5.75 Å². The molecule has 0 radical (unpaired) electrons. The summed E-state index contributed by atoms with van der Waals surface area (Å²) < 4.78 is 45.6. The van der Waals surface area contributed by atoms with Crippen LogP contribution in [-0.2, 0) is 5.41 Å². The maximum Gasteiger partial charge on any atom is 0.269 e. The Hall–Kier alpha value is -1.35. The van der Waals surface area contributed by atoms with E-state index in [0.717, 1.165) is 9.99 Å². The van der Waals surface area contributed by atoms with E-state index in [0.29, 0.717) is 23.6 Å². The molecule has 0 saturated heterocycles. The predicted molar refractivity (Wildman–Crippen MR) is 92.3 cm³/mol. The molecule has 1 aliphatic heterocycles. The maximum absolute atomic E-state index is 13.2. The van der Waals surface area contributed by atoms with Gasteiger partial charge in [0.25, 0.3) is 6.43 Å². The number of fused-ring (bicyclic) bond motifs is 1. The lowest BCUT2D eigenvalue weighted by molar-refractivity contribution is -0.00820. The average Bonchev–Trinajstić information content (AvgIpc) is 2.92. The Kier molecular flexibility index (Phi) is 4.74. The van der Waals surface area contributed by atoms with Crippen LogP contribution < -0.4 is 4.74 Å². The third-order valence-electron chi connectivity index (χ3n) is 4.13. The number of benzene rings is 1. The van der Waals surface area contributed by atoms with Crippen LogP contribution in [-0.4, -0.2) is 27.6 Å². The second-order valence-electron chi connectivity index (χ2n) is 6.04. The molecule has 2 heterocycles. The number of aromatic nitrogens is 1. The van der Waals surface area contributed by atoms with Crippen LogP contribution in [0.2, 0.25) is 0 Å². The molecular formula is C17H15F3INO2. The van der Waals surface area contributed by atoms with E-state index >= 15 is 0 Å². The Morgan fingerprint density at radius 2 is 2.00 bits per heavy atom. The summed E-state index contributed by atoms with van der Waals surface area (Å²) in [4.78, 5) is 4.19. The summed E-state index contributed by atoms with van der Waals surface area (Å²) in [5, 5.41) is 9.77. The molecule has 0 spiro atoms. The first kappa shape index (κ1) is 17.5. The highest BCUT2D eigenvalue weighted by Gasteiger charge is 2.39. The minimum atomic E-state index is -2.94. The van der Waals surface area contributed by atoms with Crippen molar-refractivity contribution >= 4 is 22.6 Å². The molecule has 0 fully saturated rings. The third-order valence-corrected chi connectivity index (χ3v) is 5.82. The number of halogens is 4. The molecule has 0 amide bonds. The molecule has 3 rings (SSSR count).